The Morgan fingerprint density at radius 3 is 2.14 bits per heavy atom. The van der Waals surface area contributed by atoms with Crippen LogP contribution in [0.1, 0.15) is 19.8 Å². The van der Waals surface area contributed by atoms with E-state index in [-0.39, 0.29) is 35.5 Å². The fourth-order valence-corrected chi connectivity index (χ4v) is 0.246. The molecular weight excluding hydrogens is 101 g/mol. The van der Waals surface area contributed by atoms with Crippen molar-refractivity contribution in [2.75, 3.05) is 0 Å². The van der Waals surface area contributed by atoms with E-state index in [2.05, 4.69) is 0 Å². The summed E-state index contributed by atoms with van der Waals surface area (Å²) in [6.45, 7) is 1.92. The van der Waals surface area contributed by atoms with E-state index < -0.39 is 0 Å². The predicted molar refractivity (Wildman–Crippen MR) is 31.3 cm³/mol. The molecule has 0 saturated carbocycles. The van der Waals surface area contributed by atoms with Crippen LogP contribution in [0, 0.1) is 0 Å². The molecule has 7 heavy (non-hydrogen) atoms. The van der Waals surface area contributed by atoms with Gasteiger partial charge in [0.05, 0.1) is 0 Å². The van der Waals surface area contributed by atoms with Gasteiger partial charge in [0.15, 0.2) is 0 Å². The molecule has 1 amide bonds. The first-order chi connectivity index (χ1) is 2.77. The van der Waals surface area contributed by atoms with Crippen molar-refractivity contribution in [3.8, 4) is 0 Å². The fourth-order valence-electron chi connectivity index (χ4n) is 0.246. The molecule has 0 aromatic rings. The molecule has 0 unspecified atom stereocenters. The third-order valence-corrected chi connectivity index (χ3v) is 0.496. The van der Waals surface area contributed by atoms with Crippen LogP contribution in [0.2, 0.25) is 0 Å². The maximum absolute atomic E-state index is 9.82. The van der Waals surface area contributed by atoms with Crippen molar-refractivity contribution >= 4 is 35.5 Å². The zero-order valence-corrected chi connectivity index (χ0v) is 3.90. The molecule has 0 bridgehead atoms. The summed E-state index contributed by atoms with van der Waals surface area (Å²) >= 11 is 0. The molecule has 0 aliphatic carbocycles. The number of nitrogens with two attached hydrogens (primary N) is 1. The number of rotatable bonds is 2. The fraction of sp³-hybridized carbons (Fsp3) is 0.750. The molecule has 0 heterocycles. The molecule has 0 aliphatic heterocycles. The Hall–Kier alpha value is 0.470. The summed E-state index contributed by atoms with van der Waals surface area (Å²) in [4.78, 5) is 9.82. The summed E-state index contributed by atoms with van der Waals surface area (Å²) in [5.41, 5.74) is 4.76. The summed E-state index contributed by atoms with van der Waals surface area (Å²) in [5, 5.41) is 0. The van der Waals surface area contributed by atoms with Crippen LogP contribution in [0.3, 0.4) is 0 Å². The van der Waals surface area contributed by atoms with Crippen molar-refractivity contribution in [3.63, 3.8) is 0 Å². The van der Waals surface area contributed by atoms with Crippen LogP contribution < -0.4 is 5.73 Å². The molecule has 38 valence electrons. The Balaban J connectivity index is 0. The molecule has 0 aromatic carbocycles. The molecule has 3 heteroatoms. The maximum atomic E-state index is 9.82. The molecule has 2 nitrogen and oxygen atoms in total. The van der Waals surface area contributed by atoms with Crippen molar-refractivity contribution in [1.82, 2.24) is 0 Å². The first-order valence-electron chi connectivity index (χ1n) is 2.05. The third kappa shape index (κ3) is 10.7. The van der Waals surface area contributed by atoms with E-state index in [0.29, 0.717) is 6.42 Å². The van der Waals surface area contributed by atoms with Crippen LogP contribution in [0.25, 0.3) is 0 Å². The summed E-state index contributed by atoms with van der Waals surface area (Å²) in [7, 11) is 0. The normalized spacial score (nSPS) is 7.00. The molecular formula is C4H10NNaO. The quantitative estimate of drug-likeness (QED) is 0.485. The molecule has 0 aliphatic rings. The van der Waals surface area contributed by atoms with Crippen LogP contribution in [-0.2, 0) is 4.79 Å². The molecule has 0 fully saturated rings. The van der Waals surface area contributed by atoms with E-state index in [1.165, 1.54) is 0 Å². The van der Waals surface area contributed by atoms with E-state index in [1.807, 2.05) is 6.92 Å². The molecule has 0 rings (SSSR count). The van der Waals surface area contributed by atoms with Gasteiger partial charge in [-0.3, -0.25) is 4.79 Å². The zero-order valence-electron chi connectivity index (χ0n) is 3.90. The topological polar surface area (TPSA) is 43.1 Å². The van der Waals surface area contributed by atoms with E-state index in [1.54, 1.807) is 0 Å². The third-order valence-electron chi connectivity index (χ3n) is 0.496. The molecule has 0 atom stereocenters. The predicted octanol–water partition coefficient (Wildman–Crippen LogP) is -0.377. The Morgan fingerprint density at radius 2 is 2.14 bits per heavy atom. The van der Waals surface area contributed by atoms with Crippen LogP contribution >= 0.6 is 0 Å². The number of carbonyl (C=O) groups excluding carboxylic acids is 1. The molecule has 0 aromatic heterocycles. The molecule has 0 spiro atoms. The van der Waals surface area contributed by atoms with Gasteiger partial charge >= 0.3 is 29.6 Å². The second kappa shape index (κ2) is 6.47. The van der Waals surface area contributed by atoms with Crippen molar-refractivity contribution in [2.24, 2.45) is 5.73 Å². The van der Waals surface area contributed by atoms with Gasteiger partial charge in [-0.2, -0.15) is 0 Å². The van der Waals surface area contributed by atoms with Crippen LogP contribution in [0.5, 0.6) is 0 Å². The van der Waals surface area contributed by atoms with Crippen molar-refractivity contribution in [3.05, 3.63) is 0 Å². The Bertz CT molecular complexity index is 55.7. The van der Waals surface area contributed by atoms with Crippen molar-refractivity contribution in [2.45, 2.75) is 19.8 Å². The second-order valence-corrected chi connectivity index (χ2v) is 1.22. The van der Waals surface area contributed by atoms with Gasteiger partial charge in [0.25, 0.3) is 0 Å². The van der Waals surface area contributed by atoms with E-state index in [9.17, 15) is 4.79 Å². The van der Waals surface area contributed by atoms with Gasteiger partial charge in [-0.1, -0.05) is 6.92 Å². The van der Waals surface area contributed by atoms with Gasteiger partial charge in [-0.05, 0) is 6.42 Å². The van der Waals surface area contributed by atoms with Crippen molar-refractivity contribution in [1.29, 1.82) is 0 Å². The minimum atomic E-state index is -0.211. The summed E-state index contributed by atoms with van der Waals surface area (Å²) < 4.78 is 0. The van der Waals surface area contributed by atoms with Gasteiger partial charge < -0.3 is 5.73 Å². The zero-order chi connectivity index (χ0) is 4.99. The minimum absolute atomic E-state index is 0. The number of hydrogen-bond donors (Lipinski definition) is 1. The van der Waals surface area contributed by atoms with Crippen molar-refractivity contribution < 1.29 is 4.79 Å². The summed E-state index contributed by atoms with van der Waals surface area (Å²) in [5.74, 6) is -0.211. The van der Waals surface area contributed by atoms with Gasteiger partial charge in [0.1, 0.15) is 0 Å². The van der Waals surface area contributed by atoms with Gasteiger partial charge in [0, 0.05) is 6.42 Å². The van der Waals surface area contributed by atoms with Gasteiger partial charge in [0.2, 0.25) is 5.91 Å². The Morgan fingerprint density at radius 1 is 1.71 bits per heavy atom. The standard InChI is InChI=1S/C4H9NO.Na.H/c1-2-3-4(5)6;;/h2-3H2,1H3,(H2,5,6);;. The Kier molecular flexibility index (Phi) is 9.66. The van der Waals surface area contributed by atoms with Crippen LogP contribution in [-0.4, -0.2) is 35.5 Å². The monoisotopic (exact) mass is 111 g/mol. The molecule has 0 saturated heterocycles. The van der Waals surface area contributed by atoms with E-state index >= 15 is 0 Å². The molecule has 2 N–H and O–H groups in total. The SMILES string of the molecule is CCCC(N)=O.[NaH]. The van der Waals surface area contributed by atoms with Gasteiger partial charge in [-0.15, -0.1) is 0 Å². The van der Waals surface area contributed by atoms with Crippen LogP contribution in [0.4, 0.5) is 0 Å². The van der Waals surface area contributed by atoms with Crippen LogP contribution in [0.15, 0.2) is 0 Å². The average Bonchev–Trinajstić information content (AvgIpc) is 1.35. The second-order valence-electron chi connectivity index (χ2n) is 1.22. The number of amides is 1. The first-order valence-corrected chi connectivity index (χ1v) is 2.05. The van der Waals surface area contributed by atoms with E-state index in [4.69, 9.17) is 5.73 Å². The Labute approximate surface area is 65.7 Å². The van der Waals surface area contributed by atoms with Gasteiger partial charge in [-0.25, -0.2) is 0 Å². The molecule has 0 radical (unpaired) electrons. The number of hydrogen-bond acceptors (Lipinski definition) is 1. The number of carbonyl (C=O) groups is 1. The average molecular weight is 111 g/mol. The summed E-state index contributed by atoms with van der Waals surface area (Å²) in [6.07, 6.45) is 1.37. The number of primary amides is 1. The first kappa shape index (κ1) is 10.5. The summed E-state index contributed by atoms with van der Waals surface area (Å²) in [6, 6.07) is 0. The van der Waals surface area contributed by atoms with E-state index in [0.717, 1.165) is 6.42 Å².